The molecule has 2 rings (SSSR count). The van der Waals surface area contributed by atoms with Crippen molar-refractivity contribution < 1.29 is 31.8 Å². The van der Waals surface area contributed by atoms with E-state index in [0.717, 1.165) is 12.1 Å². The Morgan fingerprint density at radius 3 is 2.22 bits per heavy atom. The van der Waals surface area contributed by atoms with Crippen LogP contribution in [0.2, 0.25) is 0 Å². The maximum atomic E-state index is 13.6. The van der Waals surface area contributed by atoms with Gasteiger partial charge in [-0.1, -0.05) is 0 Å². The van der Waals surface area contributed by atoms with Crippen LogP contribution < -0.4 is 10.1 Å². The van der Waals surface area contributed by atoms with E-state index in [1.807, 2.05) is 0 Å². The van der Waals surface area contributed by atoms with E-state index in [4.69, 9.17) is 0 Å². The van der Waals surface area contributed by atoms with Gasteiger partial charge in [0.25, 0.3) is 5.92 Å². The molecule has 3 nitrogen and oxygen atoms in total. The summed E-state index contributed by atoms with van der Waals surface area (Å²) in [6.07, 6.45) is -2.85. The summed E-state index contributed by atoms with van der Waals surface area (Å²) in [5.74, 6) is -4.38. The van der Waals surface area contributed by atoms with Crippen LogP contribution in [0.1, 0.15) is 38.2 Å². The molecule has 0 atom stereocenters. The minimum Gasteiger partial charge on any atom is -0.405 e. The average Bonchev–Trinajstić information content (AvgIpc) is 2.40. The Morgan fingerprint density at radius 2 is 1.70 bits per heavy atom. The Balaban J connectivity index is 2.19. The summed E-state index contributed by atoms with van der Waals surface area (Å²) in [5.41, 5.74) is -0.520. The Kier molecular flexibility index (Phi) is 5.03. The molecule has 0 amide bonds. The summed E-state index contributed by atoms with van der Waals surface area (Å²) in [4.78, 5) is 0. The Hall–Kier alpha value is -1.57. The minimum absolute atomic E-state index is 0.00823. The molecule has 1 saturated carbocycles. The van der Waals surface area contributed by atoms with E-state index >= 15 is 0 Å². The molecule has 0 unspecified atom stereocenters. The summed E-state index contributed by atoms with van der Waals surface area (Å²) in [6, 6.07) is 3.14. The number of rotatable bonds is 4. The molecule has 8 heteroatoms. The Bertz CT molecular complexity index is 534. The molecule has 1 aliphatic carbocycles. The van der Waals surface area contributed by atoms with Crippen LogP contribution in [0.15, 0.2) is 18.2 Å². The fourth-order valence-corrected chi connectivity index (χ4v) is 2.63. The van der Waals surface area contributed by atoms with Crippen molar-refractivity contribution in [3.8, 4) is 5.75 Å². The van der Waals surface area contributed by atoms with Crippen molar-refractivity contribution >= 4 is 5.69 Å². The summed E-state index contributed by atoms with van der Waals surface area (Å²) in [5, 5.41) is 12.5. The summed E-state index contributed by atoms with van der Waals surface area (Å²) in [6.45, 7) is 0.520. The molecule has 0 aliphatic heterocycles. The van der Waals surface area contributed by atoms with Crippen molar-refractivity contribution in [1.29, 1.82) is 0 Å². The van der Waals surface area contributed by atoms with Crippen LogP contribution in [0.3, 0.4) is 0 Å². The van der Waals surface area contributed by atoms with Gasteiger partial charge in [-0.05, 0) is 43.9 Å². The summed E-state index contributed by atoms with van der Waals surface area (Å²) >= 11 is 0. The smallest absolute Gasteiger partial charge is 0.405 e. The zero-order valence-electron chi connectivity index (χ0n) is 12.5. The predicted octanol–water partition coefficient (Wildman–Crippen LogP) is 4.41. The van der Waals surface area contributed by atoms with E-state index in [9.17, 15) is 27.1 Å². The van der Waals surface area contributed by atoms with Gasteiger partial charge in [0.15, 0.2) is 0 Å². The largest absolute Gasteiger partial charge is 0.573 e. The van der Waals surface area contributed by atoms with Crippen molar-refractivity contribution in [3.05, 3.63) is 23.8 Å². The molecule has 1 aliphatic rings. The number of halogens is 5. The first-order valence-electron chi connectivity index (χ1n) is 7.27. The van der Waals surface area contributed by atoms with E-state index in [-0.39, 0.29) is 12.1 Å². The number of ether oxygens (including phenoxy) is 1. The van der Waals surface area contributed by atoms with Gasteiger partial charge in [0.05, 0.1) is 11.7 Å². The second kappa shape index (κ2) is 6.51. The maximum Gasteiger partial charge on any atom is 0.573 e. The third-order valence-electron chi connectivity index (χ3n) is 3.75. The topological polar surface area (TPSA) is 41.5 Å². The highest BCUT2D eigenvalue weighted by Crippen LogP contribution is 2.39. The van der Waals surface area contributed by atoms with Crippen molar-refractivity contribution in [2.24, 2.45) is 0 Å². The standard InChI is InChI=1S/C15H18F5NO2/c1-14(16,17)12-8-10(4-7-13(12)23-15(18,19)20)21-9-2-5-11(22)6-3-9/h4,7-9,11,21-22H,2-3,5-6H2,1H3. The second-order valence-electron chi connectivity index (χ2n) is 5.80. The molecule has 23 heavy (non-hydrogen) atoms. The number of aliphatic hydroxyl groups excluding tert-OH is 1. The Labute approximate surface area is 130 Å². The predicted molar refractivity (Wildman–Crippen MR) is 74.6 cm³/mol. The lowest BCUT2D eigenvalue weighted by atomic mass is 9.93. The third-order valence-corrected chi connectivity index (χ3v) is 3.75. The van der Waals surface area contributed by atoms with Crippen LogP contribution in [0.5, 0.6) is 5.75 Å². The highest BCUT2D eigenvalue weighted by Gasteiger charge is 2.36. The summed E-state index contributed by atoms with van der Waals surface area (Å²) < 4.78 is 67.8. The lowest BCUT2D eigenvalue weighted by Crippen LogP contribution is -2.28. The highest BCUT2D eigenvalue weighted by molar-refractivity contribution is 5.53. The molecule has 0 spiro atoms. The number of nitrogens with one attached hydrogen (secondary N) is 1. The van der Waals surface area contributed by atoms with Gasteiger partial charge < -0.3 is 15.2 Å². The third kappa shape index (κ3) is 5.23. The molecule has 0 saturated heterocycles. The van der Waals surface area contributed by atoms with Crippen molar-refractivity contribution in [2.75, 3.05) is 5.32 Å². The monoisotopic (exact) mass is 339 g/mol. The molecular weight excluding hydrogens is 321 g/mol. The molecule has 1 aromatic carbocycles. The normalized spacial score (nSPS) is 22.7. The first-order valence-corrected chi connectivity index (χ1v) is 7.27. The van der Waals surface area contributed by atoms with Gasteiger partial charge in [-0.3, -0.25) is 0 Å². The lowest BCUT2D eigenvalue weighted by molar-refractivity contribution is -0.275. The van der Waals surface area contributed by atoms with Crippen LogP contribution >= 0.6 is 0 Å². The van der Waals surface area contributed by atoms with Gasteiger partial charge in [0.2, 0.25) is 0 Å². The number of aliphatic hydroxyl groups is 1. The number of hydrogen-bond donors (Lipinski definition) is 2. The highest BCUT2D eigenvalue weighted by atomic mass is 19.4. The van der Waals surface area contributed by atoms with E-state index in [1.165, 1.54) is 6.07 Å². The molecule has 0 bridgehead atoms. The first-order chi connectivity index (χ1) is 10.5. The van der Waals surface area contributed by atoms with Crippen LogP contribution in [0.25, 0.3) is 0 Å². The number of anilines is 1. The first kappa shape index (κ1) is 17.8. The fourth-order valence-electron chi connectivity index (χ4n) is 2.63. The second-order valence-corrected chi connectivity index (χ2v) is 5.80. The molecule has 0 heterocycles. The molecule has 0 aromatic heterocycles. The van der Waals surface area contributed by atoms with E-state index < -0.39 is 23.6 Å². The van der Waals surface area contributed by atoms with Crippen LogP contribution in [-0.4, -0.2) is 23.6 Å². The van der Waals surface area contributed by atoms with Crippen molar-refractivity contribution in [1.82, 2.24) is 0 Å². The van der Waals surface area contributed by atoms with Gasteiger partial charge in [-0.2, -0.15) is 0 Å². The molecule has 2 N–H and O–H groups in total. The number of benzene rings is 1. The van der Waals surface area contributed by atoms with Crippen molar-refractivity contribution in [3.63, 3.8) is 0 Å². The molecule has 1 fully saturated rings. The van der Waals surface area contributed by atoms with E-state index in [1.54, 1.807) is 0 Å². The molecular formula is C15H18F5NO2. The summed E-state index contributed by atoms with van der Waals surface area (Å²) in [7, 11) is 0. The number of hydrogen-bond acceptors (Lipinski definition) is 3. The zero-order valence-corrected chi connectivity index (χ0v) is 12.5. The van der Waals surface area contributed by atoms with Gasteiger partial charge >= 0.3 is 6.36 Å². The van der Waals surface area contributed by atoms with Gasteiger partial charge in [-0.15, -0.1) is 13.2 Å². The SMILES string of the molecule is CC(F)(F)c1cc(NC2CCC(O)CC2)ccc1OC(F)(F)F. The van der Waals surface area contributed by atoms with Crippen LogP contribution in [-0.2, 0) is 5.92 Å². The van der Waals surface area contributed by atoms with Gasteiger partial charge in [0, 0.05) is 18.7 Å². The average molecular weight is 339 g/mol. The quantitative estimate of drug-likeness (QED) is 0.799. The van der Waals surface area contributed by atoms with Crippen molar-refractivity contribution in [2.45, 2.75) is 57.0 Å². The Morgan fingerprint density at radius 1 is 1.09 bits per heavy atom. The van der Waals surface area contributed by atoms with Crippen LogP contribution in [0.4, 0.5) is 27.6 Å². The van der Waals surface area contributed by atoms with Gasteiger partial charge in [0.1, 0.15) is 5.75 Å². The van der Waals surface area contributed by atoms with Crippen LogP contribution in [0, 0.1) is 0 Å². The zero-order chi connectivity index (χ0) is 17.3. The molecule has 130 valence electrons. The molecule has 0 radical (unpaired) electrons. The fraction of sp³-hybridized carbons (Fsp3) is 0.600. The van der Waals surface area contributed by atoms with E-state index in [2.05, 4.69) is 10.1 Å². The minimum atomic E-state index is -5.03. The number of alkyl halides is 5. The molecule has 1 aromatic rings. The maximum absolute atomic E-state index is 13.6. The van der Waals surface area contributed by atoms with E-state index in [0.29, 0.717) is 38.3 Å². The van der Waals surface area contributed by atoms with Gasteiger partial charge in [-0.25, -0.2) is 8.78 Å². The lowest BCUT2D eigenvalue weighted by Gasteiger charge is -2.27.